The summed E-state index contributed by atoms with van der Waals surface area (Å²) in [7, 11) is 0. The summed E-state index contributed by atoms with van der Waals surface area (Å²) in [5, 5.41) is 12.1. The minimum atomic E-state index is -1.04. The number of benzene rings is 1. The Labute approximate surface area is 123 Å². The van der Waals surface area contributed by atoms with Gasteiger partial charge < -0.3 is 10.4 Å². The highest BCUT2D eigenvalue weighted by molar-refractivity contribution is 6.33. The number of halogens is 1. The lowest BCUT2D eigenvalue weighted by molar-refractivity contribution is -0.120. The number of carboxylic acid groups (broad SMARTS) is 1. The van der Waals surface area contributed by atoms with E-state index in [0.29, 0.717) is 10.7 Å². The zero-order valence-corrected chi connectivity index (χ0v) is 11.9. The summed E-state index contributed by atoms with van der Waals surface area (Å²) in [6.07, 6.45) is 6.28. The molecule has 1 aromatic carbocycles. The van der Waals surface area contributed by atoms with E-state index in [1.54, 1.807) is 0 Å². The lowest BCUT2D eigenvalue weighted by atomic mass is 9.99. The number of carbonyl (C=O) groups is 2. The third-order valence-corrected chi connectivity index (χ3v) is 4.03. The molecule has 5 heteroatoms. The Hall–Kier alpha value is -1.55. The van der Waals surface area contributed by atoms with Crippen LogP contribution in [0.1, 0.15) is 48.9 Å². The van der Waals surface area contributed by atoms with Crippen LogP contribution in [0.15, 0.2) is 18.2 Å². The fraction of sp³-hybridized carbons (Fsp3) is 0.467. The van der Waals surface area contributed by atoms with Crippen LogP contribution < -0.4 is 5.32 Å². The largest absolute Gasteiger partial charge is 0.478 e. The maximum Gasteiger partial charge on any atom is 0.335 e. The lowest BCUT2D eigenvalue weighted by Crippen LogP contribution is -2.22. The first-order chi connectivity index (χ1) is 9.58. The van der Waals surface area contributed by atoms with Crippen molar-refractivity contribution < 1.29 is 14.7 Å². The minimum absolute atomic E-state index is 0.00190. The van der Waals surface area contributed by atoms with Crippen molar-refractivity contribution in [1.82, 2.24) is 0 Å². The van der Waals surface area contributed by atoms with Gasteiger partial charge in [-0.15, -0.1) is 0 Å². The Bertz CT molecular complexity index is 508. The van der Waals surface area contributed by atoms with Crippen LogP contribution >= 0.6 is 11.6 Å². The van der Waals surface area contributed by atoms with Gasteiger partial charge in [0.15, 0.2) is 0 Å². The molecule has 1 fully saturated rings. The average molecular weight is 296 g/mol. The number of carboxylic acids is 1. The molecule has 0 bridgehead atoms. The lowest BCUT2D eigenvalue weighted by Gasteiger charge is -2.15. The second-order valence-electron chi connectivity index (χ2n) is 5.18. The van der Waals surface area contributed by atoms with Crippen LogP contribution in [0.4, 0.5) is 5.69 Å². The van der Waals surface area contributed by atoms with E-state index in [1.807, 2.05) is 0 Å². The number of aromatic carboxylic acids is 1. The Balaban J connectivity index is 2.10. The molecular formula is C15H18ClNO3. The molecule has 0 aliphatic heterocycles. The van der Waals surface area contributed by atoms with Gasteiger partial charge in [-0.3, -0.25) is 4.79 Å². The zero-order chi connectivity index (χ0) is 14.5. The summed E-state index contributed by atoms with van der Waals surface area (Å²) in [4.78, 5) is 23.2. The predicted molar refractivity (Wildman–Crippen MR) is 78.2 cm³/mol. The predicted octanol–water partition coefficient (Wildman–Crippen LogP) is 3.95. The molecule has 1 saturated carbocycles. The molecule has 0 unspecified atom stereocenters. The molecule has 0 aromatic heterocycles. The first-order valence-electron chi connectivity index (χ1n) is 6.91. The maximum absolute atomic E-state index is 12.2. The average Bonchev–Trinajstić information content (AvgIpc) is 2.70. The molecule has 0 saturated heterocycles. The fourth-order valence-electron chi connectivity index (χ4n) is 2.53. The standard InChI is InChI=1S/C15H18ClNO3/c16-12-8-7-11(15(19)20)9-13(12)17-14(18)10-5-3-1-2-4-6-10/h7-10H,1-6H2,(H,17,18)(H,19,20). The molecule has 2 rings (SSSR count). The third-order valence-electron chi connectivity index (χ3n) is 3.70. The Morgan fingerprint density at radius 3 is 2.40 bits per heavy atom. The van der Waals surface area contributed by atoms with Crippen molar-refractivity contribution in [3.63, 3.8) is 0 Å². The van der Waals surface area contributed by atoms with Gasteiger partial charge in [0.05, 0.1) is 16.3 Å². The van der Waals surface area contributed by atoms with Crippen LogP contribution in [0.25, 0.3) is 0 Å². The van der Waals surface area contributed by atoms with Crippen molar-refractivity contribution >= 4 is 29.2 Å². The summed E-state index contributed by atoms with van der Waals surface area (Å²) in [5.41, 5.74) is 0.492. The number of anilines is 1. The van der Waals surface area contributed by atoms with E-state index in [-0.39, 0.29) is 17.4 Å². The van der Waals surface area contributed by atoms with Crippen LogP contribution in [0.5, 0.6) is 0 Å². The monoisotopic (exact) mass is 295 g/mol. The quantitative estimate of drug-likeness (QED) is 0.830. The summed E-state index contributed by atoms with van der Waals surface area (Å²) in [5.74, 6) is -1.09. The van der Waals surface area contributed by atoms with Gasteiger partial charge in [-0.2, -0.15) is 0 Å². The second kappa shape index (κ2) is 6.75. The number of nitrogens with one attached hydrogen (secondary N) is 1. The molecule has 1 aromatic rings. The highest BCUT2D eigenvalue weighted by Crippen LogP contribution is 2.27. The van der Waals surface area contributed by atoms with E-state index < -0.39 is 5.97 Å². The molecule has 4 nitrogen and oxygen atoms in total. The Kier molecular flexibility index (Phi) is 5.01. The van der Waals surface area contributed by atoms with Crippen molar-refractivity contribution in [1.29, 1.82) is 0 Å². The molecule has 20 heavy (non-hydrogen) atoms. The van der Waals surface area contributed by atoms with E-state index in [0.717, 1.165) is 25.7 Å². The SMILES string of the molecule is O=C(O)c1ccc(Cl)c(NC(=O)C2CCCCCC2)c1. The van der Waals surface area contributed by atoms with Gasteiger partial charge >= 0.3 is 5.97 Å². The molecule has 1 aliphatic rings. The van der Waals surface area contributed by atoms with Crippen LogP contribution in [0.2, 0.25) is 5.02 Å². The molecule has 0 spiro atoms. The Morgan fingerprint density at radius 2 is 1.80 bits per heavy atom. The van der Waals surface area contributed by atoms with E-state index in [9.17, 15) is 9.59 Å². The summed E-state index contributed by atoms with van der Waals surface area (Å²) in [6, 6.07) is 4.32. The molecule has 1 aliphatic carbocycles. The summed E-state index contributed by atoms with van der Waals surface area (Å²) < 4.78 is 0. The molecule has 1 amide bonds. The smallest absolute Gasteiger partial charge is 0.335 e. The van der Waals surface area contributed by atoms with Gasteiger partial charge in [0, 0.05) is 5.92 Å². The van der Waals surface area contributed by atoms with Gasteiger partial charge in [-0.25, -0.2) is 4.79 Å². The molecular weight excluding hydrogens is 278 g/mol. The summed E-state index contributed by atoms with van der Waals surface area (Å²) in [6.45, 7) is 0. The highest BCUT2D eigenvalue weighted by atomic mass is 35.5. The van der Waals surface area contributed by atoms with Crippen molar-refractivity contribution in [2.24, 2.45) is 5.92 Å². The molecule has 108 valence electrons. The first-order valence-corrected chi connectivity index (χ1v) is 7.29. The van der Waals surface area contributed by atoms with E-state index in [1.165, 1.54) is 31.0 Å². The van der Waals surface area contributed by atoms with Crippen LogP contribution in [0, 0.1) is 5.92 Å². The molecule has 0 heterocycles. The van der Waals surface area contributed by atoms with Gasteiger partial charge in [-0.05, 0) is 31.0 Å². The van der Waals surface area contributed by atoms with E-state index >= 15 is 0 Å². The molecule has 0 atom stereocenters. The molecule has 0 radical (unpaired) electrons. The normalized spacial score (nSPS) is 16.4. The number of hydrogen-bond donors (Lipinski definition) is 2. The van der Waals surface area contributed by atoms with Gasteiger partial charge in [0.25, 0.3) is 0 Å². The maximum atomic E-state index is 12.2. The van der Waals surface area contributed by atoms with Gasteiger partial charge in [0.1, 0.15) is 0 Å². The van der Waals surface area contributed by atoms with Crippen molar-refractivity contribution in [2.75, 3.05) is 5.32 Å². The number of amides is 1. The fourth-order valence-corrected chi connectivity index (χ4v) is 2.70. The summed E-state index contributed by atoms with van der Waals surface area (Å²) >= 11 is 6.01. The number of carbonyl (C=O) groups excluding carboxylic acids is 1. The number of hydrogen-bond acceptors (Lipinski definition) is 2. The van der Waals surface area contributed by atoms with Gasteiger partial charge in [-0.1, -0.05) is 37.3 Å². The highest BCUT2D eigenvalue weighted by Gasteiger charge is 2.21. The van der Waals surface area contributed by atoms with Gasteiger partial charge in [0.2, 0.25) is 5.91 Å². The minimum Gasteiger partial charge on any atom is -0.478 e. The topological polar surface area (TPSA) is 66.4 Å². The van der Waals surface area contributed by atoms with Crippen molar-refractivity contribution in [3.05, 3.63) is 28.8 Å². The van der Waals surface area contributed by atoms with Crippen molar-refractivity contribution in [3.8, 4) is 0 Å². The Morgan fingerprint density at radius 1 is 1.15 bits per heavy atom. The molecule has 2 N–H and O–H groups in total. The second-order valence-corrected chi connectivity index (χ2v) is 5.58. The first kappa shape index (κ1) is 14.9. The van der Waals surface area contributed by atoms with E-state index in [2.05, 4.69) is 5.32 Å². The van der Waals surface area contributed by atoms with Crippen LogP contribution in [0.3, 0.4) is 0 Å². The third kappa shape index (κ3) is 3.73. The van der Waals surface area contributed by atoms with E-state index in [4.69, 9.17) is 16.7 Å². The number of rotatable bonds is 3. The van der Waals surface area contributed by atoms with Crippen molar-refractivity contribution in [2.45, 2.75) is 38.5 Å². The van der Waals surface area contributed by atoms with Crippen LogP contribution in [-0.4, -0.2) is 17.0 Å². The zero-order valence-electron chi connectivity index (χ0n) is 11.2. The van der Waals surface area contributed by atoms with Crippen LogP contribution in [-0.2, 0) is 4.79 Å².